The Morgan fingerprint density at radius 3 is 2.93 bits per heavy atom. The fourth-order valence-corrected chi connectivity index (χ4v) is 3.81. The Morgan fingerprint density at radius 2 is 2.18 bits per heavy atom. The van der Waals surface area contributed by atoms with E-state index in [-0.39, 0.29) is 30.8 Å². The second-order valence-corrected chi connectivity index (χ2v) is 7.29. The van der Waals surface area contributed by atoms with Crippen molar-refractivity contribution >= 4 is 40.9 Å². The Balaban J connectivity index is 1.40. The molecule has 0 bridgehead atoms. The van der Waals surface area contributed by atoms with E-state index in [1.807, 2.05) is 12.1 Å². The van der Waals surface area contributed by atoms with Crippen LogP contribution in [-0.2, 0) is 22.7 Å². The monoisotopic (exact) mass is 399 g/mol. The molecule has 10 heteroatoms. The molecule has 9 nitrogen and oxygen atoms in total. The standard InChI is InChI=1S/C18H17N5O4S/c24-15-4-3-13(16(25)22-15)23-7-11-2-1-10(5-12(11)17(23)26)6-19-18(27)21-14-8-28-9-20-14/h1-2,5,8-9,13H,3-4,6-7H2,(H2,19,21,27)(H,22,24,25). The summed E-state index contributed by atoms with van der Waals surface area (Å²) in [5.74, 6) is -0.502. The van der Waals surface area contributed by atoms with Crippen molar-refractivity contribution in [3.05, 3.63) is 45.8 Å². The van der Waals surface area contributed by atoms with Crippen LogP contribution in [0.3, 0.4) is 0 Å². The molecule has 1 unspecified atom stereocenters. The molecular weight excluding hydrogens is 382 g/mol. The average molecular weight is 399 g/mol. The van der Waals surface area contributed by atoms with Crippen molar-refractivity contribution in [3.8, 4) is 0 Å². The first kappa shape index (κ1) is 18.1. The molecule has 1 fully saturated rings. The maximum Gasteiger partial charge on any atom is 0.320 e. The molecule has 1 aromatic heterocycles. The van der Waals surface area contributed by atoms with Gasteiger partial charge in [0.15, 0.2) is 0 Å². The lowest BCUT2D eigenvalue weighted by Gasteiger charge is -2.29. The number of anilines is 1. The zero-order valence-electron chi connectivity index (χ0n) is 14.7. The van der Waals surface area contributed by atoms with E-state index >= 15 is 0 Å². The number of aromatic nitrogens is 1. The molecule has 2 aliphatic rings. The SMILES string of the molecule is O=C1CCC(N2Cc3ccc(CNC(=O)Nc4cscn4)cc3C2=O)C(=O)N1. The summed E-state index contributed by atoms with van der Waals surface area (Å²) in [5, 5.41) is 9.34. The number of imide groups is 1. The number of carbonyl (C=O) groups is 4. The van der Waals surface area contributed by atoms with Crippen LogP contribution >= 0.6 is 11.3 Å². The summed E-state index contributed by atoms with van der Waals surface area (Å²) >= 11 is 1.38. The van der Waals surface area contributed by atoms with Gasteiger partial charge in [-0.3, -0.25) is 25.0 Å². The van der Waals surface area contributed by atoms with E-state index in [1.165, 1.54) is 16.2 Å². The molecule has 3 heterocycles. The third-order valence-electron chi connectivity index (χ3n) is 4.72. The van der Waals surface area contributed by atoms with Gasteiger partial charge < -0.3 is 10.2 Å². The van der Waals surface area contributed by atoms with E-state index in [0.717, 1.165) is 11.1 Å². The van der Waals surface area contributed by atoms with Crippen molar-refractivity contribution in [1.82, 2.24) is 20.5 Å². The quantitative estimate of drug-likeness (QED) is 0.668. The number of hydrogen-bond donors (Lipinski definition) is 3. The summed E-state index contributed by atoms with van der Waals surface area (Å²) < 4.78 is 0. The molecule has 144 valence electrons. The van der Waals surface area contributed by atoms with Gasteiger partial charge in [0.25, 0.3) is 5.91 Å². The molecule has 0 radical (unpaired) electrons. The molecule has 4 rings (SSSR count). The van der Waals surface area contributed by atoms with Crippen LogP contribution in [0.4, 0.5) is 10.6 Å². The van der Waals surface area contributed by atoms with E-state index in [2.05, 4.69) is 20.9 Å². The number of thiazole rings is 1. The number of carbonyl (C=O) groups excluding carboxylic acids is 4. The van der Waals surface area contributed by atoms with Gasteiger partial charge in [0.2, 0.25) is 11.8 Å². The number of fused-ring (bicyclic) bond motifs is 1. The van der Waals surface area contributed by atoms with Gasteiger partial charge in [-0.1, -0.05) is 12.1 Å². The number of urea groups is 1. The minimum Gasteiger partial charge on any atom is -0.334 e. The van der Waals surface area contributed by atoms with Gasteiger partial charge in [-0.05, 0) is 23.6 Å². The summed E-state index contributed by atoms with van der Waals surface area (Å²) in [6.07, 6.45) is 0.551. The zero-order valence-corrected chi connectivity index (χ0v) is 15.5. The number of benzene rings is 1. The van der Waals surface area contributed by atoms with E-state index in [0.29, 0.717) is 24.3 Å². The molecule has 28 heavy (non-hydrogen) atoms. The van der Waals surface area contributed by atoms with Crippen molar-refractivity contribution in [2.45, 2.75) is 32.0 Å². The summed E-state index contributed by atoms with van der Waals surface area (Å²) in [5.41, 5.74) is 3.73. The minimum absolute atomic E-state index is 0.222. The molecule has 0 spiro atoms. The lowest BCUT2D eigenvalue weighted by atomic mass is 10.0. The van der Waals surface area contributed by atoms with E-state index < -0.39 is 11.9 Å². The molecule has 2 aromatic rings. The number of nitrogens with one attached hydrogen (secondary N) is 3. The minimum atomic E-state index is -0.636. The van der Waals surface area contributed by atoms with Crippen molar-refractivity contribution in [3.63, 3.8) is 0 Å². The predicted octanol–water partition coefficient (Wildman–Crippen LogP) is 1.23. The number of hydrogen-bond acceptors (Lipinski definition) is 6. The first-order chi connectivity index (χ1) is 13.5. The van der Waals surface area contributed by atoms with Crippen LogP contribution in [0.5, 0.6) is 0 Å². The summed E-state index contributed by atoms with van der Waals surface area (Å²) in [6.45, 7) is 0.577. The summed E-state index contributed by atoms with van der Waals surface area (Å²) in [6, 6.07) is 4.37. The predicted molar refractivity (Wildman–Crippen MR) is 100 cm³/mol. The summed E-state index contributed by atoms with van der Waals surface area (Å²) in [7, 11) is 0. The molecule has 1 aromatic carbocycles. The third-order valence-corrected chi connectivity index (χ3v) is 5.31. The van der Waals surface area contributed by atoms with Gasteiger partial charge in [0.05, 0.1) is 5.51 Å². The Bertz CT molecular complexity index is 959. The van der Waals surface area contributed by atoms with Crippen LogP contribution in [0.2, 0.25) is 0 Å². The smallest absolute Gasteiger partial charge is 0.320 e. The Hall–Kier alpha value is -3.27. The summed E-state index contributed by atoms with van der Waals surface area (Å²) in [4.78, 5) is 53.6. The second kappa shape index (κ2) is 7.39. The van der Waals surface area contributed by atoms with Crippen LogP contribution < -0.4 is 16.0 Å². The van der Waals surface area contributed by atoms with E-state index in [1.54, 1.807) is 17.0 Å². The number of piperidine rings is 1. The van der Waals surface area contributed by atoms with Crippen LogP contribution in [0.25, 0.3) is 0 Å². The van der Waals surface area contributed by atoms with Gasteiger partial charge in [0, 0.05) is 30.5 Å². The highest BCUT2D eigenvalue weighted by Crippen LogP contribution is 2.28. The van der Waals surface area contributed by atoms with Gasteiger partial charge in [-0.2, -0.15) is 0 Å². The van der Waals surface area contributed by atoms with E-state index in [4.69, 9.17) is 0 Å². The third kappa shape index (κ3) is 3.58. The van der Waals surface area contributed by atoms with Crippen molar-refractivity contribution in [2.24, 2.45) is 0 Å². The lowest BCUT2D eigenvalue weighted by molar-refractivity contribution is -0.136. The highest BCUT2D eigenvalue weighted by molar-refractivity contribution is 7.07. The van der Waals surface area contributed by atoms with Crippen LogP contribution in [0.1, 0.15) is 34.3 Å². The number of nitrogens with zero attached hydrogens (tertiary/aromatic N) is 2. The topological polar surface area (TPSA) is 120 Å². The molecule has 3 N–H and O–H groups in total. The molecule has 0 aliphatic carbocycles. The maximum atomic E-state index is 12.8. The van der Waals surface area contributed by atoms with Crippen molar-refractivity contribution in [2.75, 3.05) is 5.32 Å². The van der Waals surface area contributed by atoms with Crippen molar-refractivity contribution < 1.29 is 19.2 Å². The largest absolute Gasteiger partial charge is 0.334 e. The highest BCUT2D eigenvalue weighted by Gasteiger charge is 2.39. The molecule has 0 saturated carbocycles. The first-order valence-corrected chi connectivity index (χ1v) is 9.65. The molecule has 5 amide bonds. The molecule has 2 aliphatic heterocycles. The Kier molecular flexibility index (Phi) is 4.78. The fourth-order valence-electron chi connectivity index (χ4n) is 3.33. The molecular formula is C18H17N5O4S. The lowest BCUT2D eigenvalue weighted by Crippen LogP contribution is -2.52. The normalized spacial score (nSPS) is 18.6. The maximum absolute atomic E-state index is 12.8. The Morgan fingerprint density at radius 1 is 1.32 bits per heavy atom. The van der Waals surface area contributed by atoms with Crippen LogP contribution in [0, 0.1) is 0 Å². The van der Waals surface area contributed by atoms with Gasteiger partial charge in [-0.15, -0.1) is 11.3 Å². The van der Waals surface area contributed by atoms with E-state index in [9.17, 15) is 19.2 Å². The van der Waals surface area contributed by atoms with Crippen LogP contribution in [0.15, 0.2) is 29.1 Å². The fraction of sp³-hybridized carbons (Fsp3) is 0.278. The van der Waals surface area contributed by atoms with Crippen LogP contribution in [-0.4, -0.2) is 39.7 Å². The average Bonchev–Trinajstić information content (AvgIpc) is 3.28. The molecule has 1 atom stereocenters. The first-order valence-electron chi connectivity index (χ1n) is 8.71. The van der Waals surface area contributed by atoms with Gasteiger partial charge in [-0.25, -0.2) is 9.78 Å². The van der Waals surface area contributed by atoms with Crippen molar-refractivity contribution in [1.29, 1.82) is 0 Å². The molecule has 1 saturated heterocycles. The zero-order chi connectivity index (χ0) is 19.7. The second-order valence-electron chi connectivity index (χ2n) is 6.57. The number of rotatable bonds is 4. The highest BCUT2D eigenvalue weighted by atomic mass is 32.1. The van der Waals surface area contributed by atoms with Gasteiger partial charge >= 0.3 is 6.03 Å². The number of amides is 5. The Labute approximate surface area is 164 Å². The van der Waals surface area contributed by atoms with Gasteiger partial charge in [0.1, 0.15) is 11.9 Å².